The summed E-state index contributed by atoms with van der Waals surface area (Å²) in [6.07, 6.45) is 2.35. The van der Waals surface area contributed by atoms with Gasteiger partial charge in [0.2, 0.25) is 0 Å². The van der Waals surface area contributed by atoms with E-state index in [2.05, 4.69) is 39.6 Å². The lowest BCUT2D eigenvalue weighted by molar-refractivity contribution is -0.144. The van der Waals surface area contributed by atoms with Crippen molar-refractivity contribution in [1.29, 1.82) is 0 Å². The fourth-order valence-corrected chi connectivity index (χ4v) is 3.44. The van der Waals surface area contributed by atoms with Crippen molar-refractivity contribution in [3.63, 3.8) is 0 Å². The van der Waals surface area contributed by atoms with Gasteiger partial charge in [-0.1, -0.05) is 82.9 Å². The van der Waals surface area contributed by atoms with Gasteiger partial charge in [-0.15, -0.1) is 0 Å². The topological polar surface area (TPSA) is 63.3 Å². The Hall–Kier alpha value is -1.39. The Morgan fingerprint density at radius 1 is 1.26 bits per heavy atom. The third-order valence-corrected chi connectivity index (χ3v) is 10.2. The van der Waals surface area contributed by atoms with Crippen LogP contribution < -0.4 is 5.73 Å². The van der Waals surface area contributed by atoms with Crippen LogP contribution in [0.4, 0.5) is 0 Å². The van der Waals surface area contributed by atoms with E-state index in [9.17, 15) is 9.90 Å². The first-order valence-corrected chi connectivity index (χ1v) is 11.2. The molecule has 3 nitrogen and oxygen atoms in total. The van der Waals surface area contributed by atoms with Crippen molar-refractivity contribution in [2.24, 2.45) is 11.7 Å². The predicted octanol–water partition coefficient (Wildman–Crippen LogP) is 4.25. The third kappa shape index (κ3) is 4.79. The number of carboxylic acid groups (broad SMARTS) is 1. The molecule has 0 fully saturated rings. The zero-order valence-electron chi connectivity index (χ0n) is 15.3. The molecule has 0 bridgehead atoms. The molecule has 0 saturated heterocycles. The summed E-state index contributed by atoms with van der Waals surface area (Å²) in [5.41, 5.74) is 8.22. The molecule has 0 radical (unpaired) electrons. The summed E-state index contributed by atoms with van der Waals surface area (Å²) in [5.74, 6) is -1.19. The first-order chi connectivity index (χ1) is 10.4. The molecule has 0 amide bonds. The molecule has 0 heterocycles. The lowest BCUT2D eigenvalue weighted by atomic mass is 9.81. The van der Waals surface area contributed by atoms with Crippen molar-refractivity contribution in [2.75, 3.05) is 0 Å². The number of nitrogens with two attached hydrogens (primary N) is 1. The van der Waals surface area contributed by atoms with Crippen LogP contribution in [-0.4, -0.2) is 24.7 Å². The molecule has 0 saturated carbocycles. The molecule has 0 spiro atoms. The Kier molecular flexibility index (Phi) is 5.99. The minimum atomic E-state index is -1.60. The van der Waals surface area contributed by atoms with E-state index < -0.39 is 19.6 Å². The van der Waals surface area contributed by atoms with E-state index in [4.69, 9.17) is 5.73 Å². The molecule has 1 rings (SSSR count). The lowest BCUT2D eigenvalue weighted by Crippen LogP contribution is -2.54. The molecule has 1 aromatic carbocycles. The van der Waals surface area contributed by atoms with Crippen LogP contribution in [0.15, 0.2) is 42.1 Å². The number of aliphatic carboxylic acids is 1. The van der Waals surface area contributed by atoms with E-state index >= 15 is 0 Å². The molecule has 1 aromatic rings. The largest absolute Gasteiger partial charge is 0.480 e. The van der Waals surface area contributed by atoms with Gasteiger partial charge in [0.25, 0.3) is 0 Å². The van der Waals surface area contributed by atoms with Gasteiger partial charge in [0.15, 0.2) is 0 Å². The summed E-state index contributed by atoms with van der Waals surface area (Å²) in [6, 6.07) is 9.59. The summed E-state index contributed by atoms with van der Waals surface area (Å²) in [5, 5.41) is 9.93. The molecule has 0 aromatic heterocycles. The van der Waals surface area contributed by atoms with E-state index in [0.29, 0.717) is 6.42 Å². The minimum Gasteiger partial charge on any atom is -0.480 e. The van der Waals surface area contributed by atoms with Crippen molar-refractivity contribution in [1.82, 2.24) is 0 Å². The van der Waals surface area contributed by atoms with E-state index in [1.807, 2.05) is 43.3 Å². The molecule has 128 valence electrons. The van der Waals surface area contributed by atoms with E-state index in [-0.39, 0.29) is 11.0 Å². The number of carbonyl (C=O) groups is 1. The average molecular weight is 334 g/mol. The van der Waals surface area contributed by atoms with Crippen molar-refractivity contribution < 1.29 is 9.90 Å². The lowest BCUT2D eigenvalue weighted by Gasteiger charge is -2.35. The molecule has 0 aliphatic carbocycles. The van der Waals surface area contributed by atoms with Crippen LogP contribution in [0.2, 0.25) is 18.1 Å². The van der Waals surface area contributed by atoms with Crippen LogP contribution in [0, 0.1) is 5.92 Å². The van der Waals surface area contributed by atoms with Crippen molar-refractivity contribution in [3.8, 4) is 0 Å². The van der Waals surface area contributed by atoms with Crippen molar-refractivity contribution in [3.05, 3.63) is 47.7 Å². The van der Waals surface area contributed by atoms with Gasteiger partial charge in [-0.25, -0.2) is 0 Å². The minimum absolute atomic E-state index is 0.225. The maximum Gasteiger partial charge on any atom is 0.324 e. The van der Waals surface area contributed by atoms with Gasteiger partial charge in [-0.2, -0.15) is 0 Å². The summed E-state index contributed by atoms with van der Waals surface area (Å²) >= 11 is 0. The fourth-order valence-electron chi connectivity index (χ4n) is 2.17. The fraction of sp³-hybridized carbons (Fsp3) is 0.526. The molecule has 0 unspecified atom stereocenters. The van der Waals surface area contributed by atoms with Gasteiger partial charge >= 0.3 is 5.97 Å². The van der Waals surface area contributed by atoms with Gasteiger partial charge in [-0.3, -0.25) is 4.79 Å². The first kappa shape index (κ1) is 19.7. The van der Waals surface area contributed by atoms with Crippen molar-refractivity contribution >= 4 is 14.0 Å². The van der Waals surface area contributed by atoms with Gasteiger partial charge < -0.3 is 10.8 Å². The van der Waals surface area contributed by atoms with Crippen LogP contribution >= 0.6 is 0 Å². The molecule has 23 heavy (non-hydrogen) atoms. The maximum absolute atomic E-state index is 11.8. The molecular formula is C19H31NO2Si. The zero-order chi connectivity index (χ0) is 17.9. The molecule has 0 aliphatic rings. The van der Waals surface area contributed by atoms with Crippen LogP contribution in [0.25, 0.3) is 0 Å². The second-order valence-corrected chi connectivity index (χ2v) is 13.4. The van der Waals surface area contributed by atoms with Crippen LogP contribution in [0.5, 0.6) is 0 Å². The van der Waals surface area contributed by atoms with Crippen LogP contribution in [0.3, 0.4) is 0 Å². The first-order valence-electron chi connectivity index (χ1n) is 8.16. The Morgan fingerprint density at radius 2 is 1.78 bits per heavy atom. The summed E-state index contributed by atoms with van der Waals surface area (Å²) in [7, 11) is -1.60. The molecule has 4 heteroatoms. The van der Waals surface area contributed by atoms with Gasteiger partial charge in [-0.05, 0) is 10.6 Å². The second-order valence-electron chi connectivity index (χ2n) is 8.13. The number of hydrogen-bond donors (Lipinski definition) is 2. The predicted molar refractivity (Wildman–Crippen MR) is 100 cm³/mol. The average Bonchev–Trinajstić information content (AvgIpc) is 2.44. The highest BCUT2D eigenvalue weighted by atomic mass is 28.3. The number of carboxylic acids is 1. The molecule has 3 N–H and O–H groups in total. The van der Waals surface area contributed by atoms with Gasteiger partial charge in [0.05, 0.1) is 8.07 Å². The molecule has 0 aliphatic heterocycles. The zero-order valence-corrected chi connectivity index (χ0v) is 16.3. The standard InChI is InChI=1S/C19H31NO2Si/c1-15(12-13-23(5,6)18(2,3)4)19(20,17(21)22)14-16-10-8-7-9-11-16/h7-13,15H,14,20H2,1-6H3,(H,21,22)/b13-12+/t15-,19-/m0/s1. The Balaban J connectivity index is 3.03. The normalized spacial score (nSPS) is 17.0. The highest BCUT2D eigenvalue weighted by molar-refractivity contribution is 6.84. The number of benzene rings is 1. The Morgan fingerprint density at radius 3 is 2.22 bits per heavy atom. The van der Waals surface area contributed by atoms with Gasteiger partial charge in [0.1, 0.15) is 5.54 Å². The summed E-state index contributed by atoms with van der Waals surface area (Å²) in [4.78, 5) is 11.8. The summed E-state index contributed by atoms with van der Waals surface area (Å²) < 4.78 is 0. The Labute approximate surface area is 141 Å². The monoisotopic (exact) mass is 333 g/mol. The quantitative estimate of drug-likeness (QED) is 0.765. The highest BCUT2D eigenvalue weighted by Gasteiger charge is 2.40. The number of hydrogen-bond acceptors (Lipinski definition) is 2. The SMILES string of the molecule is C[C@@H](/C=C/[Si](C)(C)C(C)(C)C)[C@@](N)(Cc1ccccc1)C(=O)O. The van der Waals surface area contributed by atoms with Crippen molar-refractivity contribution in [2.45, 2.75) is 57.8 Å². The smallest absolute Gasteiger partial charge is 0.324 e. The van der Waals surface area contributed by atoms with Gasteiger partial charge in [0, 0.05) is 12.3 Å². The highest BCUT2D eigenvalue weighted by Crippen LogP contribution is 2.37. The summed E-state index contributed by atoms with van der Waals surface area (Å²) in [6.45, 7) is 13.2. The van der Waals surface area contributed by atoms with E-state index in [0.717, 1.165) is 5.56 Å². The second kappa shape index (κ2) is 7.01. The third-order valence-electron chi connectivity index (χ3n) is 5.28. The van der Waals surface area contributed by atoms with E-state index in [1.165, 1.54) is 0 Å². The molecular weight excluding hydrogens is 302 g/mol. The van der Waals surface area contributed by atoms with E-state index in [1.54, 1.807) is 0 Å². The Bertz CT molecular complexity index is 560. The van der Waals surface area contributed by atoms with Crippen LogP contribution in [-0.2, 0) is 11.2 Å². The number of rotatable bonds is 6. The maximum atomic E-state index is 11.8. The molecule has 2 atom stereocenters. The van der Waals surface area contributed by atoms with Crippen LogP contribution in [0.1, 0.15) is 33.3 Å².